The normalized spacial score (nSPS) is 21.1. The lowest BCUT2D eigenvalue weighted by molar-refractivity contribution is -0.310. The number of para-hydroxylation sites is 1. The van der Waals surface area contributed by atoms with Gasteiger partial charge in [0.15, 0.2) is 0 Å². The van der Waals surface area contributed by atoms with Gasteiger partial charge in [0.05, 0.1) is 28.2 Å². The maximum absolute atomic E-state index is 12.9. The zero-order valence-electron chi connectivity index (χ0n) is 13.6. The molecule has 1 saturated heterocycles. The van der Waals surface area contributed by atoms with Gasteiger partial charge in [0.2, 0.25) is 0 Å². The maximum Gasteiger partial charge on any atom is 0.267 e. The molecule has 2 aliphatic rings. The van der Waals surface area contributed by atoms with E-state index in [9.17, 15) is 19.5 Å². The van der Waals surface area contributed by atoms with Crippen molar-refractivity contribution >= 4 is 57.3 Å². The molecule has 2 amide bonds. The van der Waals surface area contributed by atoms with Crippen LogP contribution in [0.4, 0.5) is 5.69 Å². The van der Waals surface area contributed by atoms with E-state index in [1.165, 1.54) is 4.90 Å². The second-order valence-electron chi connectivity index (χ2n) is 5.75. The first-order valence-electron chi connectivity index (χ1n) is 7.76. The van der Waals surface area contributed by atoms with Gasteiger partial charge in [0.25, 0.3) is 11.8 Å². The summed E-state index contributed by atoms with van der Waals surface area (Å²) in [6.07, 6.45) is 0.800. The number of thioether (sulfide) groups is 1. The molecule has 130 valence electrons. The second-order valence-corrected chi connectivity index (χ2v) is 7.40. The summed E-state index contributed by atoms with van der Waals surface area (Å²) in [6.45, 7) is 1.82. The first-order valence-corrected chi connectivity index (χ1v) is 8.98. The highest BCUT2D eigenvalue weighted by molar-refractivity contribution is 8.26. The van der Waals surface area contributed by atoms with E-state index in [0.29, 0.717) is 17.7 Å². The van der Waals surface area contributed by atoms with Crippen molar-refractivity contribution in [1.29, 1.82) is 0 Å². The van der Waals surface area contributed by atoms with Gasteiger partial charge in [-0.1, -0.05) is 55.5 Å². The SMILES string of the molecule is CCC[C@H](C(=O)[O-])N1C(=O)/C(=C2\C(=O)N(C)c3ccccc32)SC1=S. The van der Waals surface area contributed by atoms with Gasteiger partial charge in [-0.05, 0) is 12.5 Å². The Labute approximate surface area is 154 Å². The summed E-state index contributed by atoms with van der Waals surface area (Å²) in [5.74, 6) is -2.20. The zero-order chi connectivity index (χ0) is 18.3. The average molecular weight is 375 g/mol. The third-order valence-electron chi connectivity index (χ3n) is 4.23. The minimum Gasteiger partial charge on any atom is -0.548 e. The van der Waals surface area contributed by atoms with Crippen molar-refractivity contribution in [2.75, 3.05) is 11.9 Å². The number of aliphatic carboxylic acids is 1. The number of likely N-dealkylation sites (N-methyl/N-ethyl adjacent to an activating group) is 1. The van der Waals surface area contributed by atoms with E-state index in [0.717, 1.165) is 16.7 Å². The smallest absolute Gasteiger partial charge is 0.267 e. The quantitative estimate of drug-likeness (QED) is 0.580. The number of benzene rings is 1. The average Bonchev–Trinajstić information content (AvgIpc) is 3.00. The molecule has 0 saturated carbocycles. The highest BCUT2D eigenvalue weighted by Gasteiger charge is 2.43. The molecular weight excluding hydrogens is 360 g/mol. The molecule has 8 heteroatoms. The number of fused-ring (bicyclic) bond motifs is 1. The molecule has 1 aromatic carbocycles. The third-order valence-corrected chi connectivity index (χ3v) is 5.63. The van der Waals surface area contributed by atoms with Crippen molar-refractivity contribution < 1.29 is 19.5 Å². The molecular formula is C17H15N2O4S2-. The van der Waals surface area contributed by atoms with E-state index >= 15 is 0 Å². The van der Waals surface area contributed by atoms with Crippen LogP contribution in [0.5, 0.6) is 0 Å². The standard InChI is InChI=1S/C17H16N2O4S2/c1-3-6-11(16(22)23)19-15(21)13(25-17(19)24)12-9-7-4-5-8-10(9)18(2)14(12)20/h4-5,7-8,11H,3,6H2,1-2H3,(H,22,23)/p-1/b13-12+/t11-/m1/s1. The van der Waals surface area contributed by atoms with E-state index in [1.54, 1.807) is 25.2 Å². The number of carbonyl (C=O) groups excluding carboxylic acids is 3. The maximum atomic E-state index is 12.9. The van der Waals surface area contributed by atoms with Crippen LogP contribution in [0.1, 0.15) is 25.3 Å². The fourth-order valence-corrected chi connectivity index (χ4v) is 4.44. The number of nitrogens with zero attached hydrogens (tertiary/aromatic N) is 2. The molecule has 0 N–H and O–H groups in total. The van der Waals surface area contributed by atoms with Crippen LogP contribution in [0.25, 0.3) is 5.57 Å². The summed E-state index contributed by atoms with van der Waals surface area (Å²) < 4.78 is 0.134. The number of carbonyl (C=O) groups is 3. The molecule has 0 spiro atoms. The predicted octanol–water partition coefficient (Wildman–Crippen LogP) is 1.15. The van der Waals surface area contributed by atoms with E-state index in [2.05, 4.69) is 0 Å². The first kappa shape index (κ1) is 17.6. The molecule has 0 aromatic heterocycles. The van der Waals surface area contributed by atoms with E-state index < -0.39 is 17.9 Å². The Morgan fingerprint density at radius 3 is 2.60 bits per heavy atom. The van der Waals surface area contributed by atoms with Crippen LogP contribution in [0.15, 0.2) is 29.2 Å². The lowest BCUT2D eigenvalue weighted by Gasteiger charge is -2.27. The number of rotatable bonds is 4. The largest absolute Gasteiger partial charge is 0.548 e. The number of thiocarbonyl (C=S) groups is 1. The summed E-state index contributed by atoms with van der Waals surface area (Å²) in [6, 6.07) is 6.03. The number of amides is 2. The molecule has 25 heavy (non-hydrogen) atoms. The van der Waals surface area contributed by atoms with E-state index in [1.807, 2.05) is 13.0 Å². The Morgan fingerprint density at radius 1 is 1.28 bits per heavy atom. The van der Waals surface area contributed by atoms with Crippen molar-refractivity contribution in [2.24, 2.45) is 0 Å². The molecule has 1 atom stereocenters. The molecule has 0 unspecified atom stereocenters. The lowest BCUT2D eigenvalue weighted by Crippen LogP contribution is -2.49. The summed E-state index contributed by atoms with van der Waals surface area (Å²) in [5, 5.41) is 11.4. The number of hydrogen-bond acceptors (Lipinski definition) is 6. The summed E-state index contributed by atoms with van der Waals surface area (Å²) in [7, 11) is 1.63. The molecule has 1 fully saturated rings. The van der Waals surface area contributed by atoms with Crippen LogP contribution in [0, 0.1) is 0 Å². The van der Waals surface area contributed by atoms with Gasteiger partial charge in [-0.3, -0.25) is 14.5 Å². The van der Waals surface area contributed by atoms with Gasteiger partial charge in [-0.25, -0.2) is 0 Å². The fourth-order valence-electron chi connectivity index (χ4n) is 3.01. The highest BCUT2D eigenvalue weighted by Crippen LogP contribution is 2.44. The van der Waals surface area contributed by atoms with Crippen molar-refractivity contribution in [3.05, 3.63) is 34.7 Å². The molecule has 0 aliphatic carbocycles. The van der Waals surface area contributed by atoms with Gasteiger partial charge < -0.3 is 14.8 Å². The number of carboxylic acid groups (broad SMARTS) is 1. The van der Waals surface area contributed by atoms with Crippen LogP contribution in [-0.2, 0) is 14.4 Å². The van der Waals surface area contributed by atoms with Crippen LogP contribution in [0.2, 0.25) is 0 Å². The van der Waals surface area contributed by atoms with Crippen LogP contribution >= 0.6 is 24.0 Å². The Kier molecular flexibility index (Phi) is 4.66. The van der Waals surface area contributed by atoms with Gasteiger partial charge in [-0.15, -0.1) is 0 Å². The monoisotopic (exact) mass is 375 g/mol. The number of carboxylic acids is 1. The van der Waals surface area contributed by atoms with Gasteiger partial charge in [0, 0.05) is 12.6 Å². The van der Waals surface area contributed by atoms with E-state index in [-0.39, 0.29) is 27.1 Å². The Morgan fingerprint density at radius 2 is 1.96 bits per heavy atom. The number of hydrogen-bond donors (Lipinski definition) is 0. The zero-order valence-corrected chi connectivity index (χ0v) is 15.3. The molecule has 2 heterocycles. The molecule has 2 aliphatic heterocycles. The number of anilines is 1. The Bertz CT molecular complexity index is 834. The topological polar surface area (TPSA) is 80.7 Å². The van der Waals surface area contributed by atoms with Crippen molar-refractivity contribution in [3.63, 3.8) is 0 Å². The van der Waals surface area contributed by atoms with Crippen LogP contribution in [-0.4, -0.2) is 40.1 Å². The molecule has 0 radical (unpaired) electrons. The van der Waals surface area contributed by atoms with Crippen LogP contribution in [0.3, 0.4) is 0 Å². The minimum atomic E-state index is -1.35. The van der Waals surface area contributed by atoms with Gasteiger partial charge in [0.1, 0.15) is 4.32 Å². The highest BCUT2D eigenvalue weighted by atomic mass is 32.2. The lowest BCUT2D eigenvalue weighted by atomic mass is 10.1. The molecule has 0 bridgehead atoms. The minimum absolute atomic E-state index is 0.134. The Hall–Kier alpha value is -2.19. The Balaban J connectivity index is 2.09. The first-order chi connectivity index (χ1) is 11.9. The molecule has 1 aromatic rings. The summed E-state index contributed by atoms with van der Waals surface area (Å²) >= 11 is 6.19. The van der Waals surface area contributed by atoms with Crippen molar-refractivity contribution in [1.82, 2.24) is 4.90 Å². The third kappa shape index (κ3) is 2.75. The fraction of sp³-hybridized carbons (Fsp3) is 0.294. The van der Waals surface area contributed by atoms with E-state index in [4.69, 9.17) is 12.2 Å². The van der Waals surface area contributed by atoms with Crippen LogP contribution < -0.4 is 10.0 Å². The van der Waals surface area contributed by atoms with Gasteiger partial charge in [-0.2, -0.15) is 0 Å². The summed E-state index contributed by atoms with van der Waals surface area (Å²) in [5.41, 5.74) is 1.63. The molecule has 6 nitrogen and oxygen atoms in total. The molecule has 3 rings (SSSR count). The predicted molar refractivity (Wildman–Crippen MR) is 97.5 cm³/mol. The van der Waals surface area contributed by atoms with Crippen molar-refractivity contribution in [3.8, 4) is 0 Å². The summed E-state index contributed by atoms with van der Waals surface area (Å²) in [4.78, 5) is 39.7. The second kappa shape index (κ2) is 6.61. The van der Waals surface area contributed by atoms with Gasteiger partial charge >= 0.3 is 0 Å². The van der Waals surface area contributed by atoms with Crippen molar-refractivity contribution in [2.45, 2.75) is 25.8 Å².